The van der Waals surface area contributed by atoms with Gasteiger partial charge in [-0.2, -0.15) is 0 Å². The fraction of sp³-hybridized carbons (Fsp3) is 0.867. The average molecular weight is 222 g/mol. The average Bonchev–Trinajstić information content (AvgIpc) is 2.15. The molecule has 92 valence electrons. The molecule has 3 atom stereocenters. The molecular weight excluding hydrogens is 196 g/mol. The summed E-state index contributed by atoms with van der Waals surface area (Å²) in [6.07, 6.45) is 8.35. The minimum Gasteiger partial charge on any atom is -0.390 e. The number of allylic oxidation sites excluding steroid dienone is 1. The Hall–Kier alpha value is -0.300. The van der Waals surface area contributed by atoms with Crippen molar-refractivity contribution in [2.24, 2.45) is 17.3 Å². The lowest BCUT2D eigenvalue weighted by molar-refractivity contribution is -0.0797. The first-order valence-electron chi connectivity index (χ1n) is 6.78. The largest absolute Gasteiger partial charge is 0.390 e. The highest BCUT2D eigenvalue weighted by atomic mass is 16.3. The van der Waals surface area contributed by atoms with Crippen molar-refractivity contribution < 1.29 is 5.11 Å². The zero-order valence-corrected chi connectivity index (χ0v) is 11.2. The summed E-state index contributed by atoms with van der Waals surface area (Å²) in [4.78, 5) is 0. The molecule has 2 rings (SSSR count). The van der Waals surface area contributed by atoms with E-state index in [-0.39, 0.29) is 0 Å². The van der Waals surface area contributed by atoms with E-state index in [0.717, 1.165) is 6.42 Å². The second-order valence-electron chi connectivity index (χ2n) is 6.74. The fourth-order valence-electron chi connectivity index (χ4n) is 3.78. The standard InChI is InChI=1S/C15H26O/c1-11(2)12-6-9-14(3)7-5-8-15(4,16)13(14)10-12/h10-11,13,16H,5-9H2,1-4H3/t13-,14-,15-/m0/s1. The number of hydrogen-bond acceptors (Lipinski definition) is 1. The van der Waals surface area contributed by atoms with Crippen LogP contribution in [0.5, 0.6) is 0 Å². The van der Waals surface area contributed by atoms with Crippen LogP contribution in [-0.2, 0) is 0 Å². The van der Waals surface area contributed by atoms with Gasteiger partial charge < -0.3 is 5.11 Å². The normalized spacial score (nSPS) is 44.1. The second kappa shape index (κ2) is 3.87. The zero-order valence-electron chi connectivity index (χ0n) is 11.2. The van der Waals surface area contributed by atoms with Crippen molar-refractivity contribution in [3.05, 3.63) is 11.6 Å². The van der Waals surface area contributed by atoms with Crippen molar-refractivity contribution >= 4 is 0 Å². The molecule has 0 aliphatic heterocycles. The first-order valence-corrected chi connectivity index (χ1v) is 6.78. The maximum absolute atomic E-state index is 10.6. The predicted molar refractivity (Wildman–Crippen MR) is 68.2 cm³/mol. The molecule has 0 unspecified atom stereocenters. The van der Waals surface area contributed by atoms with Crippen LogP contribution >= 0.6 is 0 Å². The van der Waals surface area contributed by atoms with Crippen LogP contribution < -0.4 is 0 Å². The number of rotatable bonds is 1. The Morgan fingerprint density at radius 1 is 1.25 bits per heavy atom. The van der Waals surface area contributed by atoms with Crippen LogP contribution in [0, 0.1) is 17.3 Å². The Bertz CT molecular complexity index is 301. The molecule has 0 saturated heterocycles. The molecule has 0 amide bonds. The molecule has 0 bridgehead atoms. The van der Waals surface area contributed by atoms with Crippen molar-refractivity contribution in [3.8, 4) is 0 Å². The van der Waals surface area contributed by atoms with Gasteiger partial charge in [0.2, 0.25) is 0 Å². The van der Waals surface area contributed by atoms with E-state index in [1.807, 2.05) is 6.92 Å². The zero-order chi connectivity index (χ0) is 12.0. The summed E-state index contributed by atoms with van der Waals surface area (Å²) in [6, 6.07) is 0. The lowest BCUT2D eigenvalue weighted by atomic mass is 9.56. The Morgan fingerprint density at radius 3 is 2.56 bits per heavy atom. The minimum absolute atomic E-state index is 0.347. The predicted octanol–water partition coefficient (Wildman–Crippen LogP) is 3.92. The topological polar surface area (TPSA) is 20.2 Å². The maximum Gasteiger partial charge on any atom is 0.0687 e. The van der Waals surface area contributed by atoms with Gasteiger partial charge in [0.1, 0.15) is 0 Å². The second-order valence-corrected chi connectivity index (χ2v) is 6.74. The van der Waals surface area contributed by atoms with E-state index < -0.39 is 5.60 Å². The van der Waals surface area contributed by atoms with Gasteiger partial charge in [-0.1, -0.05) is 38.8 Å². The lowest BCUT2D eigenvalue weighted by Gasteiger charge is -2.51. The molecule has 0 heterocycles. The maximum atomic E-state index is 10.6. The van der Waals surface area contributed by atoms with E-state index in [1.165, 1.54) is 25.7 Å². The van der Waals surface area contributed by atoms with E-state index in [1.54, 1.807) is 5.57 Å². The van der Waals surface area contributed by atoms with Gasteiger partial charge in [0.05, 0.1) is 5.60 Å². The van der Waals surface area contributed by atoms with Crippen molar-refractivity contribution in [2.45, 2.75) is 65.4 Å². The highest BCUT2D eigenvalue weighted by Crippen LogP contribution is 2.53. The molecule has 0 radical (unpaired) electrons. The minimum atomic E-state index is -0.479. The van der Waals surface area contributed by atoms with Crippen LogP contribution in [-0.4, -0.2) is 10.7 Å². The molecule has 0 spiro atoms. The van der Waals surface area contributed by atoms with Gasteiger partial charge >= 0.3 is 0 Å². The van der Waals surface area contributed by atoms with Crippen molar-refractivity contribution in [1.29, 1.82) is 0 Å². The van der Waals surface area contributed by atoms with Gasteiger partial charge in [-0.05, 0) is 43.9 Å². The van der Waals surface area contributed by atoms with Gasteiger partial charge in [-0.3, -0.25) is 0 Å². The van der Waals surface area contributed by atoms with Crippen molar-refractivity contribution in [2.75, 3.05) is 0 Å². The van der Waals surface area contributed by atoms with Gasteiger partial charge in [-0.25, -0.2) is 0 Å². The smallest absolute Gasteiger partial charge is 0.0687 e. The summed E-state index contributed by atoms with van der Waals surface area (Å²) in [6.45, 7) is 8.95. The lowest BCUT2D eigenvalue weighted by Crippen LogP contribution is -2.48. The molecule has 2 aliphatic rings. The van der Waals surface area contributed by atoms with Crippen LogP contribution in [0.4, 0.5) is 0 Å². The highest BCUT2D eigenvalue weighted by molar-refractivity contribution is 5.19. The molecular formula is C15H26O. The molecule has 16 heavy (non-hydrogen) atoms. The Balaban J connectivity index is 2.33. The Labute approximate surface area is 99.9 Å². The molecule has 0 aromatic carbocycles. The summed E-state index contributed by atoms with van der Waals surface area (Å²) in [5.74, 6) is 1.02. The third-order valence-corrected chi connectivity index (χ3v) is 4.96. The van der Waals surface area contributed by atoms with Gasteiger partial charge in [0.25, 0.3) is 0 Å². The van der Waals surface area contributed by atoms with E-state index in [2.05, 4.69) is 26.8 Å². The van der Waals surface area contributed by atoms with Gasteiger partial charge in [0.15, 0.2) is 0 Å². The fourth-order valence-corrected chi connectivity index (χ4v) is 3.78. The van der Waals surface area contributed by atoms with Crippen molar-refractivity contribution in [1.82, 2.24) is 0 Å². The van der Waals surface area contributed by atoms with E-state index in [9.17, 15) is 5.11 Å². The molecule has 1 heteroatoms. The number of hydrogen-bond donors (Lipinski definition) is 1. The SMILES string of the molecule is CC(C)C1=C[C@H]2[C@@](C)(CCC[C@]2(C)O)CC1. The van der Waals surface area contributed by atoms with Crippen LogP contribution in [0.1, 0.15) is 59.8 Å². The Morgan fingerprint density at radius 2 is 1.94 bits per heavy atom. The molecule has 1 fully saturated rings. The van der Waals surface area contributed by atoms with Crippen molar-refractivity contribution in [3.63, 3.8) is 0 Å². The molecule has 0 aromatic rings. The van der Waals surface area contributed by atoms with Crippen LogP contribution in [0.3, 0.4) is 0 Å². The Kier molecular flexibility index (Phi) is 2.94. The molecule has 1 saturated carbocycles. The van der Waals surface area contributed by atoms with Gasteiger partial charge in [-0.15, -0.1) is 0 Å². The van der Waals surface area contributed by atoms with E-state index >= 15 is 0 Å². The molecule has 2 aliphatic carbocycles. The summed E-state index contributed by atoms with van der Waals surface area (Å²) in [5.41, 5.74) is 1.43. The third kappa shape index (κ3) is 1.95. The summed E-state index contributed by atoms with van der Waals surface area (Å²) in [5, 5.41) is 10.6. The van der Waals surface area contributed by atoms with Crippen LogP contribution in [0.25, 0.3) is 0 Å². The summed E-state index contributed by atoms with van der Waals surface area (Å²) >= 11 is 0. The first-order chi connectivity index (χ1) is 7.35. The summed E-state index contributed by atoms with van der Waals surface area (Å²) in [7, 11) is 0. The molecule has 1 N–H and O–H groups in total. The summed E-state index contributed by atoms with van der Waals surface area (Å²) < 4.78 is 0. The van der Waals surface area contributed by atoms with E-state index in [4.69, 9.17) is 0 Å². The molecule has 1 nitrogen and oxygen atoms in total. The first kappa shape index (κ1) is 12.2. The number of aliphatic hydroxyl groups is 1. The highest BCUT2D eigenvalue weighted by Gasteiger charge is 2.48. The monoisotopic (exact) mass is 222 g/mol. The van der Waals surface area contributed by atoms with E-state index in [0.29, 0.717) is 17.3 Å². The van der Waals surface area contributed by atoms with Gasteiger partial charge in [0, 0.05) is 5.92 Å². The number of fused-ring (bicyclic) bond motifs is 1. The molecule has 0 aromatic heterocycles. The quantitative estimate of drug-likeness (QED) is 0.667. The van der Waals surface area contributed by atoms with Crippen LogP contribution in [0.15, 0.2) is 11.6 Å². The third-order valence-electron chi connectivity index (χ3n) is 4.96. The van der Waals surface area contributed by atoms with Crippen LogP contribution in [0.2, 0.25) is 0 Å².